The molecule has 0 aliphatic carbocycles. The van der Waals surface area contributed by atoms with Gasteiger partial charge in [-0.2, -0.15) is 4.98 Å². The lowest BCUT2D eigenvalue weighted by Gasteiger charge is -2.33. The van der Waals surface area contributed by atoms with Crippen molar-refractivity contribution in [2.75, 3.05) is 31.6 Å². The lowest BCUT2D eigenvalue weighted by molar-refractivity contribution is 0.0683. The number of piperidine rings is 1. The van der Waals surface area contributed by atoms with Crippen LogP contribution in [-0.4, -0.2) is 53.9 Å². The quantitative estimate of drug-likeness (QED) is 0.538. The minimum Gasteiger partial charge on any atom is -0.371 e. The number of guanidine groups is 1. The van der Waals surface area contributed by atoms with Gasteiger partial charge in [0.05, 0.1) is 6.54 Å². The average molecular weight is 402 g/mol. The van der Waals surface area contributed by atoms with Crippen LogP contribution in [0, 0.1) is 6.92 Å². The Morgan fingerprint density at radius 3 is 2.83 bits per heavy atom. The minimum absolute atomic E-state index is 0.178. The highest BCUT2D eigenvalue weighted by Gasteiger charge is 2.21. The number of aliphatic imine (C=N–C) groups is 1. The normalized spacial score (nSPS) is 16.7. The molecule has 1 saturated heterocycles. The van der Waals surface area contributed by atoms with E-state index >= 15 is 0 Å². The van der Waals surface area contributed by atoms with Crippen molar-refractivity contribution in [1.29, 1.82) is 0 Å². The molecule has 2 aromatic rings. The summed E-state index contributed by atoms with van der Waals surface area (Å²) in [6, 6.07) is 6.52. The number of aryl methyl sites for hydroxylation is 1. The fourth-order valence-corrected chi connectivity index (χ4v) is 3.33. The summed E-state index contributed by atoms with van der Waals surface area (Å²) >= 11 is 0. The first-order valence-electron chi connectivity index (χ1n) is 10.2. The van der Waals surface area contributed by atoms with Crippen LogP contribution in [0.15, 0.2) is 27.7 Å². The molecule has 0 spiro atoms. The molecule has 2 N–H and O–H groups in total. The van der Waals surface area contributed by atoms with E-state index in [-0.39, 0.29) is 6.10 Å². The van der Waals surface area contributed by atoms with E-state index < -0.39 is 0 Å². The Hall–Kier alpha value is -2.68. The first-order valence-corrected chi connectivity index (χ1v) is 10.2. The summed E-state index contributed by atoms with van der Waals surface area (Å²) in [6.45, 7) is 8.83. The van der Waals surface area contributed by atoms with Gasteiger partial charge < -0.3 is 24.8 Å². The standard InChI is InChI=1S/C20H31N7O2/c1-5-28-15(3)19-25-18(29-26-19)13-22-20(21-4)24-16-9-11-27(12-10-16)17-8-6-7-14(2)23-17/h6-8,15-16H,5,9-13H2,1-4H3,(H2,21,22,24). The van der Waals surface area contributed by atoms with Gasteiger partial charge in [0.2, 0.25) is 5.89 Å². The highest BCUT2D eigenvalue weighted by molar-refractivity contribution is 5.79. The Kier molecular flexibility index (Phi) is 7.40. The van der Waals surface area contributed by atoms with Crippen molar-refractivity contribution >= 4 is 11.8 Å². The summed E-state index contributed by atoms with van der Waals surface area (Å²) in [7, 11) is 1.76. The Morgan fingerprint density at radius 1 is 1.34 bits per heavy atom. The predicted octanol–water partition coefficient (Wildman–Crippen LogP) is 2.20. The maximum Gasteiger partial charge on any atom is 0.246 e. The van der Waals surface area contributed by atoms with Crippen molar-refractivity contribution in [1.82, 2.24) is 25.8 Å². The molecule has 2 aromatic heterocycles. The van der Waals surface area contributed by atoms with Crippen molar-refractivity contribution in [3.05, 3.63) is 35.6 Å². The zero-order valence-electron chi connectivity index (χ0n) is 17.7. The molecule has 9 heteroatoms. The third kappa shape index (κ3) is 5.90. The molecule has 29 heavy (non-hydrogen) atoms. The largest absolute Gasteiger partial charge is 0.371 e. The van der Waals surface area contributed by atoms with Crippen LogP contribution in [0.25, 0.3) is 0 Å². The Morgan fingerprint density at radius 2 is 2.14 bits per heavy atom. The summed E-state index contributed by atoms with van der Waals surface area (Å²) < 4.78 is 10.8. The van der Waals surface area contributed by atoms with Gasteiger partial charge in [0.1, 0.15) is 11.9 Å². The molecule has 3 heterocycles. The second kappa shape index (κ2) is 10.2. The summed E-state index contributed by atoms with van der Waals surface area (Å²) in [6.07, 6.45) is 1.86. The summed E-state index contributed by atoms with van der Waals surface area (Å²) in [5.41, 5.74) is 1.05. The van der Waals surface area contributed by atoms with Crippen molar-refractivity contribution in [3.63, 3.8) is 0 Å². The van der Waals surface area contributed by atoms with E-state index in [1.165, 1.54) is 0 Å². The van der Waals surface area contributed by atoms with Gasteiger partial charge in [-0.3, -0.25) is 4.99 Å². The molecular weight excluding hydrogens is 370 g/mol. The van der Waals surface area contributed by atoms with Crippen LogP contribution in [0.1, 0.15) is 50.2 Å². The summed E-state index contributed by atoms with van der Waals surface area (Å²) in [5, 5.41) is 10.7. The zero-order chi connectivity index (χ0) is 20.6. The fraction of sp³-hybridized carbons (Fsp3) is 0.600. The van der Waals surface area contributed by atoms with Gasteiger partial charge in [-0.1, -0.05) is 11.2 Å². The number of ether oxygens (including phenoxy) is 1. The van der Waals surface area contributed by atoms with E-state index in [1.54, 1.807) is 7.05 Å². The Labute approximate surface area is 171 Å². The number of nitrogens with zero attached hydrogens (tertiary/aromatic N) is 5. The molecule has 0 saturated carbocycles. The third-order valence-electron chi connectivity index (χ3n) is 4.93. The smallest absolute Gasteiger partial charge is 0.246 e. The molecule has 0 aromatic carbocycles. The first-order chi connectivity index (χ1) is 14.1. The second-order valence-electron chi connectivity index (χ2n) is 7.11. The molecule has 0 radical (unpaired) electrons. The first kappa shape index (κ1) is 21.0. The monoisotopic (exact) mass is 401 g/mol. The SMILES string of the molecule is CCOC(C)c1noc(CNC(=NC)NC2CCN(c3cccc(C)n3)CC2)n1. The maximum atomic E-state index is 5.49. The molecule has 0 amide bonds. The summed E-state index contributed by atoms with van der Waals surface area (Å²) in [5.74, 6) is 2.85. The van der Waals surface area contributed by atoms with Crippen molar-refractivity contribution in [3.8, 4) is 0 Å². The molecule has 3 rings (SSSR count). The number of nitrogens with one attached hydrogen (secondary N) is 2. The number of pyridine rings is 1. The van der Waals surface area contributed by atoms with Gasteiger partial charge in [-0.25, -0.2) is 4.98 Å². The van der Waals surface area contributed by atoms with E-state index in [0.717, 1.165) is 43.4 Å². The van der Waals surface area contributed by atoms with Crippen molar-refractivity contribution < 1.29 is 9.26 Å². The van der Waals surface area contributed by atoms with Crippen molar-refractivity contribution in [2.45, 2.75) is 52.3 Å². The molecular formula is C20H31N7O2. The van der Waals surface area contributed by atoms with Crippen molar-refractivity contribution in [2.24, 2.45) is 4.99 Å². The highest BCUT2D eigenvalue weighted by atomic mass is 16.5. The van der Waals surface area contributed by atoms with E-state index in [9.17, 15) is 0 Å². The van der Waals surface area contributed by atoms with Crippen LogP contribution in [0.3, 0.4) is 0 Å². The maximum absolute atomic E-state index is 5.49. The van der Waals surface area contributed by atoms with Crippen LogP contribution in [0.2, 0.25) is 0 Å². The van der Waals surface area contributed by atoms with Gasteiger partial charge in [-0.05, 0) is 45.7 Å². The van der Waals surface area contributed by atoms with E-state index in [2.05, 4.69) is 47.8 Å². The van der Waals surface area contributed by atoms with Crippen LogP contribution in [0.5, 0.6) is 0 Å². The topological polar surface area (TPSA) is 101 Å². The molecule has 1 aliphatic rings. The van der Waals surface area contributed by atoms with Crippen LogP contribution in [-0.2, 0) is 11.3 Å². The van der Waals surface area contributed by atoms with Gasteiger partial charge in [0, 0.05) is 38.5 Å². The lowest BCUT2D eigenvalue weighted by atomic mass is 10.1. The van der Waals surface area contributed by atoms with Gasteiger partial charge in [-0.15, -0.1) is 0 Å². The van der Waals surface area contributed by atoms with E-state index in [4.69, 9.17) is 9.26 Å². The number of rotatable bonds is 7. The van der Waals surface area contributed by atoms with Gasteiger partial charge in [0.25, 0.3) is 0 Å². The van der Waals surface area contributed by atoms with Crippen LogP contribution < -0.4 is 15.5 Å². The fourth-order valence-electron chi connectivity index (χ4n) is 3.33. The molecule has 1 fully saturated rings. The van der Waals surface area contributed by atoms with Crippen LogP contribution >= 0.6 is 0 Å². The Balaban J connectivity index is 1.45. The van der Waals surface area contributed by atoms with Crippen LogP contribution in [0.4, 0.5) is 5.82 Å². The molecule has 9 nitrogen and oxygen atoms in total. The molecule has 1 aliphatic heterocycles. The highest BCUT2D eigenvalue weighted by Crippen LogP contribution is 2.18. The molecule has 158 valence electrons. The van der Waals surface area contributed by atoms with Gasteiger partial charge >= 0.3 is 0 Å². The number of hydrogen-bond donors (Lipinski definition) is 2. The molecule has 0 bridgehead atoms. The van der Waals surface area contributed by atoms with E-state index in [1.807, 2.05) is 26.8 Å². The van der Waals surface area contributed by atoms with Gasteiger partial charge in [0.15, 0.2) is 11.8 Å². The zero-order valence-corrected chi connectivity index (χ0v) is 17.7. The third-order valence-corrected chi connectivity index (χ3v) is 4.93. The average Bonchev–Trinajstić information content (AvgIpc) is 3.21. The van der Waals surface area contributed by atoms with E-state index in [0.29, 0.717) is 30.9 Å². The predicted molar refractivity (Wildman–Crippen MR) is 112 cm³/mol. The lowest BCUT2D eigenvalue weighted by Crippen LogP contribution is -2.48. The number of anilines is 1. The second-order valence-corrected chi connectivity index (χ2v) is 7.11. The molecule has 1 atom stereocenters. The minimum atomic E-state index is -0.178. The summed E-state index contributed by atoms with van der Waals surface area (Å²) in [4.78, 5) is 15.6. The number of hydrogen-bond acceptors (Lipinski definition) is 7. The Bertz CT molecular complexity index is 800. The molecule has 1 unspecified atom stereocenters. The number of aromatic nitrogens is 3.